The van der Waals surface area contributed by atoms with Crippen LogP contribution in [0.1, 0.15) is 13.3 Å². The van der Waals surface area contributed by atoms with E-state index in [1.807, 2.05) is 22.8 Å². The quantitative estimate of drug-likeness (QED) is 0.714. The molecule has 0 fully saturated rings. The summed E-state index contributed by atoms with van der Waals surface area (Å²) in [6, 6.07) is 9.97. The van der Waals surface area contributed by atoms with Gasteiger partial charge in [-0.2, -0.15) is 0 Å². The van der Waals surface area contributed by atoms with Crippen molar-refractivity contribution in [2.24, 2.45) is 0 Å². The van der Waals surface area contributed by atoms with Gasteiger partial charge in [-0.15, -0.1) is 0 Å². The first-order valence-corrected chi connectivity index (χ1v) is 7.16. The second-order valence-corrected chi connectivity index (χ2v) is 5.30. The van der Waals surface area contributed by atoms with Crippen molar-refractivity contribution in [3.63, 3.8) is 0 Å². The molecule has 0 atom stereocenters. The Labute approximate surface area is 127 Å². The molecular formula is C16H15ClN2O2. The molecule has 0 radical (unpaired) electrons. The molecule has 1 aromatic heterocycles. The van der Waals surface area contributed by atoms with E-state index in [1.165, 1.54) is 18.2 Å². The molecule has 0 aliphatic carbocycles. The molecule has 0 aliphatic rings. The van der Waals surface area contributed by atoms with Gasteiger partial charge >= 0.3 is 0 Å². The first-order valence-electron chi connectivity index (χ1n) is 6.79. The van der Waals surface area contributed by atoms with Crippen molar-refractivity contribution in [3.8, 4) is 22.9 Å². The first kappa shape index (κ1) is 13.8. The third kappa shape index (κ3) is 2.32. The van der Waals surface area contributed by atoms with Gasteiger partial charge in [0.2, 0.25) is 0 Å². The van der Waals surface area contributed by atoms with Crippen molar-refractivity contribution in [2.75, 3.05) is 0 Å². The number of aromatic nitrogens is 2. The largest absolute Gasteiger partial charge is 0.508 e. The second-order valence-electron chi connectivity index (χ2n) is 4.90. The van der Waals surface area contributed by atoms with Crippen LogP contribution in [0.3, 0.4) is 0 Å². The van der Waals surface area contributed by atoms with Crippen molar-refractivity contribution in [2.45, 2.75) is 19.9 Å². The molecule has 0 unspecified atom stereocenters. The van der Waals surface area contributed by atoms with E-state index in [9.17, 15) is 10.2 Å². The molecule has 3 aromatic rings. The van der Waals surface area contributed by atoms with Crippen LogP contribution < -0.4 is 0 Å². The Hall–Kier alpha value is -2.20. The Bertz CT molecular complexity index is 811. The standard InChI is InChI=1S/C16H15ClN2O2/c1-2-8-19-15-12(17)4-3-5-13(15)18-16(19)11-9-10(20)6-7-14(11)21/h3-7,9,20-21H,2,8H2,1H3. The van der Waals surface area contributed by atoms with Gasteiger partial charge in [0.05, 0.1) is 21.6 Å². The lowest BCUT2D eigenvalue weighted by Crippen LogP contribution is -2.00. The number of fused-ring (bicyclic) bond motifs is 1. The molecule has 4 nitrogen and oxygen atoms in total. The van der Waals surface area contributed by atoms with Gasteiger partial charge in [0.25, 0.3) is 0 Å². The Morgan fingerprint density at radius 1 is 1.19 bits per heavy atom. The molecular weight excluding hydrogens is 288 g/mol. The minimum atomic E-state index is 0.0802. The summed E-state index contributed by atoms with van der Waals surface area (Å²) in [5.41, 5.74) is 2.11. The number of benzene rings is 2. The number of hydrogen-bond donors (Lipinski definition) is 2. The Balaban J connectivity index is 2.34. The molecule has 5 heteroatoms. The minimum absolute atomic E-state index is 0.0802. The lowest BCUT2D eigenvalue weighted by atomic mass is 10.1. The van der Waals surface area contributed by atoms with Gasteiger partial charge in [0.15, 0.2) is 0 Å². The number of para-hydroxylation sites is 1. The number of aromatic hydroxyl groups is 2. The summed E-state index contributed by atoms with van der Waals surface area (Å²) < 4.78 is 1.98. The van der Waals surface area contributed by atoms with Crippen LogP contribution in [0, 0.1) is 0 Å². The van der Waals surface area contributed by atoms with E-state index in [1.54, 1.807) is 0 Å². The Morgan fingerprint density at radius 3 is 2.76 bits per heavy atom. The molecule has 2 N–H and O–H groups in total. The van der Waals surface area contributed by atoms with E-state index in [-0.39, 0.29) is 11.5 Å². The molecule has 108 valence electrons. The molecule has 0 spiro atoms. The zero-order valence-corrected chi connectivity index (χ0v) is 12.3. The van der Waals surface area contributed by atoms with Gasteiger partial charge in [-0.05, 0) is 36.8 Å². The predicted octanol–water partition coefficient (Wildman–Crippen LogP) is 4.18. The van der Waals surface area contributed by atoms with Crippen LogP contribution in [0.4, 0.5) is 0 Å². The van der Waals surface area contributed by atoms with Crippen molar-refractivity contribution >= 4 is 22.6 Å². The van der Waals surface area contributed by atoms with Gasteiger partial charge in [-0.1, -0.05) is 24.6 Å². The number of halogens is 1. The van der Waals surface area contributed by atoms with Crippen LogP contribution in [0.2, 0.25) is 5.02 Å². The number of hydrogen-bond acceptors (Lipinski definition) is 3. The molecule has 0 saturated heterocycles. The summed E-state index contributed by atoms with van der Waals surface area (Å²) in [6.07, 6.45) is 0.906. The van der Waals surface area contributed by atoms with Crippen LogP contribution in [0.15, 0.2) is 36.4 Å². The van der Waals surface area contributed by atoms with Gasteiger partial charge in [0, 0.05) is 6.54 Å². The maximum absolute atomic E-state index is 10.1. The molecule has 3 rings (SSSR count). The van der Waals surface area contributed by atoms with Crippen LogP contribution in [0.5, 0.6) is 11.5 Å². The van der Waals surface area contributed by atoms with Gasteiger partial charge in [0.1, 0.15) is 17.3 Å². The fourth-order valence-electron chi connectivity index (χ4n) is 2.49. The maximum atomic E-state index is 10.1. The average Bonchev–Trinajstić information content (AvgIpc) is 2.82. The Kier molecular flexibility index (Phi) is 3.47. The summed E-state index contributed by atoms with van der Waals surface area (Å²) in [5.74, 6) is 0.772. The lowest BCUT2D eigenvalue weighted by molar-refractivity contribution is 0.461. The third-order valence-corrected chi connectivity index (χ3v) is 3.69. The molecule has 0 amide bonds. The monoisotopic (exact) mass is 302 g/mol. The molecule has 0 saturated carbocycles. The van der Waals surface area contributed by atoms with Gasteiger partial charge in [-0.3, -0.25) is 0 Å². The molecule has 0 aliphatic heterocycles. The summed E-state index contributed by atoms with van der Waals surface area (Å²) in [4.78, 5) is 4.57. The zero-order chi connectivity index (χ0) is 15.0. The molecule has 0 bridgehead atoms. The topological polar surface area (TPSA) is 58.3 Å². The average molecular weight is 303 g/mol. The van der Waals surface area contributed by atoms with E-state index in [0.717, 1.165) is 24.0 Å². The van der Waals surface area contributed by atoms with Crippen LogP contribution in [-0.4, -0.2) is 19.8 Å². The van der Waals surface area contributed by atoms with Crippen molar-refractivity contribution in [1.29, 1.82) is 0 Å². The van der Waals surface area contributed by atoms with E-state index < -0.39 is 0 Å². The fourth-order valence-corrected chi connectivity index (χ4v) is 2.76. The number of phenols is 2. The maximum Gasteiger partial charge on any atom is 0.145 e. The second kappa shape index (κ2) is 5.30. The SMILES string of the molecule is CCCn1c(-c2cc(O)ccc2O)nc2cccc(Cl)c21. The molecule has 2 aromatic carbocycles. The normalized spacial score (nSPS) is 11.1. The van der Waals surface area contributed by atoms with Crippen molar-refractivity contribution < 1.29 is 10.2 Å². The number of rotatable bonds is 3. The highest BCUT2D eigenvalue weighted by Crippen LogP contribution is 2.35. The zero-order valence-electron chi connectivity index (χ0n) is 11.5. The van der Waals surface area contributed by atoms with E-state index in [0.29, 0.717) is 16.4 Å². The van der Waals surface area contributed by atoms with Gasteiger partial charge < -0.3 is 14.8 Å². The highest BCUT2D eigenvalue weighted by molar-refractivity contribution is 6.35. The minimum Gasteiger partial charge on any atom is -0.508 e. The van der Waals surface area contributed by atoms with Crippen molar-refractivity contribution in [1.82, 2.24) is 9.55 Å². The third-order valence-electron chi connectivity index (χ3n) is 3.39. The molecule has 21 heavy (non-hydrogen) atoms. The van der Waals surface area contributed by atoms with Crippen LogP contribution >= 0.6 is 11.6 Å². The van der Waals surface area contributed by atoms with Crippen molar-refractivity contribution in [3.05, 3.63) is 41.4 Å². The van der Waals surface area contributed by atoms with E-state index in [2.05, 4.69) is 11.9 Å². The number of phenolic OH excluding ortho intramolecular Hbond substituents is 2. The molecule has 1 heterocycles. The number of nitrogens with zero attached hydrogens (tertiary/aromatic N) is 2. The lowest BCUT2D eigenvalue weighted by Gasteiger charge is -2.10. The van der Waals surface area contributed by atoms with E-state index >= 15 is 0 Å². The first-order chi connectivity index (χ1) is 10.1. The number of imidazole rings is 1. The van der Waals surface area contributed by atoms with Crippen LogP contribution in [-0.2, 0) is 6.54 Å². The highest BCUT2D eigenvalue weighted by Gasteiger charge is 2.17. The Morgan fingerprint density at radius 2 is 2.00 bits per heavy atom. The summed E-state index contributed by atoms with van der Waals surface area (Å²) in [7, 11) is 0. The summed E-state index contributed by atoms with van der Waals surface area (Å²) in [5, 5.41) is 20.4. The van der Waals surface area contributed by atoms with E-state index in [4.69, 9.17) is 11.6 Å². The van der Waals surface area contributed by atoms with Gasteiger partial charge in [-0.25, -0.2) is 4.98 Å². The fraction of sp³-hybridized carbons (Fsp3) is 0.188. The predicted molar refractivity (Wildman–Crippen MR) is 83.8 cm³/mol. The van der Waals surface area contributed by atoms with Crippen LogP contribution in [0.25, 0.3) is 22.4 Å². The number of aryl methyl sites for hydroxylation is 1. The summed E-state index contributed by atoms with van der Waals surface area (Å²) in [6.45, 7) is 2.79. The highest BCUT2D eigenvalue weighted by atomic mass is 35.5. The smallest absolute Gasteiger partial charge is 0.145 e. The summed E-state index contributed by atoms with van der Waals surface area (Å²) >= 11 is 6.30.